The molecule has 0 aliphatic heterocycles. The predicted octanol–water partition coefficient (Wildman–Crippen LogP) is 11.6. The first-order valence-electron chi connectivity index (χ1n) is 15.0. The van der Waals surface area contributed by atoms with E-state index in [9.17, 15) is 0 Å². The van der Waals surface area contributed by atoms with Crippen LogP contribution in [0, 0.1) is 0 Å². The molecule has 1 heterocycles. The molecule has 0 unspecified atom stereocenters. The fourth-order valence-corrected chi connectivity index (χ4v) is 6.35. The molecular formula is C42H30N2. The van der Waals surface area contributed by atoms with Crippen molar-refractivity contribution in [2.45, 2.75) is 0 Å². The summed E-state index contributed by atoms with van der Waals surface area (Å²) in [5.74, 6) is 0. The van der Waals surface area contributed by atoms with Gasteiger partial charge in [-0.1, -0.05) is 121 Å². The monoisotopic (exact) mass is 562 g/mol. The van der Waals surface area contributed by atoms with Crippen LogP contribution in [-0.2, 0) is 0 Å². The van der Waals surface area contributed by atoms with E-state index in [1.54, 1.807) is 0 Å². The van der Waals surface area contributed by atoms with Gasteiger partial charge in [0, 0.05) is 33.4 Å². The van der Waals surface area contributed by atoms with Crippen LogP contribution >= 0.6 is 0 Å². The second-order valence-corrected chi connectivity index (χ2v) is 11.0. The van der Waals surface area contributed by atoms with Crippen LogP contribution < -0.4 is 4.90 Å². The molecule has 0 saturated carbocycles. The highest BCUT2D eigenvalue weighted by molar-refractivity contribution is 6.11. The van der Waals surface area contributed by atoms with E-state index < -0.39 is 0 Å². The molecule has 0 N–H and O–H groups in total. The summed E-state index contributed by atoms with van der Waals surface area (Å²) >= 11 is 0. The van der Waals surface area contributed by atoms with Crippen molar-refractivity contribution in [3.05, 3.63) is 182 Å². The smallest absolute Gasteiger partial charge is 0.0547 e. The lowest BCUT2D eigenvalue weighted by molar-refractivity contribution is 1.18. The minimum atomic E-state index is 1.12. The largest absolute Gasteiger partial charge is 0.310 e. The van der Waals surface area contributed by atoms with Gasteiger partial charge >= 0.3 is 0 Å². The molecule has 0 atom stereocenters. The standard InChI is InChI=1S/C42H30N2/c1-5-15-31(16-6-1)32-26-28-41-39(29-32)38-27-25-33(30-42(38)44(41)36-21-11-4-12-22-36)37-23-13-14-24-40(37)43(34-17-7-2-8-18-34)35-19-9-3-10-20-35/h1-30H. The number of hydrogen-bond donors (Lipinski definition) is 0. The molecule has 7 aromatic carbocycles. The molecule has 0 saturated heterocycles. The van der Waals surface area contributed by atoms with E-state index in [2.05, 4.69) is 191 Å². The summed E-state index contributed by atoms with van der Waals surface area (Å²) in [6, 6.07) is 65.0. The molecule has 0 spiro atoms. The highest BCUT2D eigenvalue weighted by Crippen LogP contribution is 2.42. The molecule has 0 fully saturated rings. The molecule has 0 aliphatic rings. The summed E-state index contributed by atoms with van der Waals surface area (Å²) in [7, 11) is 0. The first-order valence-corrected chi connectivity index (χ1v) is 15.0. The van der Waals surface area contributed by atoms with Crippen LogP contribution in [0.4, 0.5) is 17.1 Å². The average molecular weight is 563 g/mol. The van der Waals surface area contributed by atoms with Crippen LogP contribution in [0.2, 0.25) is 0 Å². The lowest BCUT2D eigenvalue weighted by Crippen LogP contribution is -2.10. The van der Waals surface area contributed by atoms with E-state index in [1.165, 1.54) is 44.1 Å². The Balaban J connectivity index is 1.36. The third-order valence-electron chi connectivity index (χ3n) is 8.37. The van der Waals surface area contributed by atoms with Gasteiger partial charge in [-0.15, -0.1) is 0 Å². The van der Waals surface area contributed by atoms with Gasteiger partial charge in [0.2, 0.25) is 0 Å². The number of para-hydroxylation sites is 4. The third kappa shape index (κ3) is 4.54. The van der Waals surface area contributed by atoms with Gasteiger partial charge in [-0.2, -0.15) is 0 Å². The molecule has 2 nitrogen and oxygen atoms in total. The van der Waals surface area contributed by atoms with Crippen LogP contribution in [0.5, 0.6) is 0 Å². The van der Waals surface area contributed by atoms with E-state index in [0.29, 0.717) is 0 Å². The van der Waals surface area contributed by atoms with E-state index in [0.717, 1.165) is 22.7 Å². The molecule has 8 aromatic rings. The summed E-state index contributed by atoms with van der Waals surface area (Å²) in [4.78, 5) is 2.35. The van der Waals surface area contributed by atoms with Gasteiger partial charge in [0.1, 0.15) is 0 Å². The minimum absolute atomic E-state index is 1.12. The number of nitrogens with zero attached hydrogens (tertiary/aromatic N) is 2. The molecular weight excluding hydrogens is 532 g/mol. The van der Waals surface area contributed by atoms with Crippen LogP contribution in [0.3, 0.4) is 0 Å². The Morgan fingerprint density at radius 3 is 1.61 bits per heavy atom. The molecule has 208 valence electrons. The Labute approximate surface area is 257 Å². The predicted molar refractivity (Wildman–Crippen MR) is 186 cm³/mol. The van der Waals surface area contributed by atoms with Gasteiger partial charge in [-0.25, -0.2) is 0 Å². The van der Waals surface area contributed by atoms with Crippen LogP contribution in [0.15, 0.2) is 182 Å². The maximum atomic E-state index is 2.40. The van der Waals surface area contributed by atoms with E-state index in [4.69, 9.17) is 0 Å². The van der Waals surface area contributed by atoms with E-state index in [1.807, 2.05) is 0 Å². The fourth-order valence-electron chi connectivity index (χ4n) is 6.35. The van der Waals surface area contributed by atoms with Gasteiger partial charge in [0.05, 0.1) is 16.7 Å². The Hall–Kier alpha value is -5.86. The lowest BCUT2D eigenvalue weighted by atomic mass is 9.99. The first kappa shape index (κ1) is 25.8. The molecule has 2 heteroatoms. The topological polar surface area (TPSA) is 8.17 Å². The van der Waals surface area contributed by atoms with Crippen molar-refractivity contribution in [2.75, 3.05) is 4.90 Å². The first-order chi connectivity index (χ1) is 21.8. The maximum absolute atomic E-state index is 2.40. The van der Waals surface area contributed by atoms with Gasteiger partial charge in [-0.05, 0) is 77.4 Å². The van der Waals surface area contributed by atoms with Gasteiger partial charge < -0.3 is 9.47 Å². The maximum Gasteiger partial charge on any atom is 0.0547 e. The minimum Gasteiger partial charge on any atom is -0.310 e. The van der Waals surface area contributed by atoms with Crippen molar-refractivity contribution in [1.29, 1.82) is 0 Å². The highest BCUT2D eigenvalue weighted by Gasteiger charge is 2.19. The summed E-state index contributed by atoms with van der Waals surface area (Å²) in [5, 5.41) is 2.49. The Morgan fingerprint density at radius 1 is 0.364 bits per heavy atom. The molecule has 0 radical (unpaired) electrons. The molecule has 44 heavy (non-hydrogen) atoms. The molecule has 0 aliphatic carbocycles. The zero-order chi connectivity index (χ0) is 29.3. The average Bonchev–Trinajstić information content (AvgIpc) is 3.43. The van der Waals surface area contributed by atoms with Crippen molar-refractivity contribution in [1.82, 2.24) is 4.57 Å². The van der Waals surface area contributed by atoms with Crippen LogP contribution in [-0.4, -0.2) is 4.57 Å². The summed E-state index contributed by atoms with van der Waals surface area (Å²) in [6.07, 6.45) is 0. The molecule has 8 rings (SSSR count). The van der Waals surface area contributed by atoms with E-state index >= 15 is 0 Å². The SMILES string of the molecule is c1ccc(-c2ccc3c(c2)c2ccc(-c4ccccc4N(c4ccccc4)c4ccccc4)cc2n3-c2ccccc2)cc1. The third-order valence-corrected chi connectivity index (χ3v) is 8.37. The number of anilines is 3. The second-order valence-electron chi connectivity index (χ2n) is 11.0. The number of fused-ring (bicyclic) bond motifs is 3. The van der Waals surface area contributed by atoms with Crippen molar-refractivity contribution in [2.24, 2.45) is 0 Å². The Kier molecular flexibility index (Phi) is 6.51. The second kappa shape index (κ2) is 11.1. The van der Waals surface area contributed by atoms with Crippen molar-refractivity contribution < 1.29 is 0 Å². The van der Waals surface area contributed by atoms with Crippen LogP contribution in [0.25, 0.3) is 49.7 Å². The van der Waals surface area contributed by atoms with E-state index in [-0.39, 0.29) is 0 Å². The highest BCUT2D eigenvalue weighted by atomic mass is 15.1. The van der Waals surface area contributed by atoms with Crippen molar-refractivity contribution in [3.63, 3.8) is 0 Å². The lowest BCUT2D eigenvalue weighted by Gasteiger charge is -2.27. The Bertz CT molecular complexity index is 2160. The molecule has 0 bridgehead atoms. The summed E-state index contributed by atoms with van der Waals surface area (Å²) in [6.45, 7) is 0. The zero-order valence-electron chi connectivity index (χ0n) is 24.2. The Morgan fingerprint density at radius 2 is 0.932 bits per heavy atom. The number of aromatic nitrogens is 1. The number of rotatable bonds is 6. The van der Waals surface area contributed by atoms with Crippen molar-refractivity contribution >= 4 is 38.9 Å². The van der Waals surface area contributed by atoms with Gasteiger partial charge in [0.25, 0.3) is 0 Å². The number of hydrogen-bond acceptors (Lipinski definition) is 1. The van der Waals surface area contributed by atoms with Gasteiger partial charge in [0.15, 0.2) is 0 Å². The quantitative estimate of drug-likeness (QED) is 0.196. The molecule has 0 amide bonds. The fraction of sp³-hybridized carbons (Fsp3) is 0. The van der Waals surface area contributed by atoms with Crippen LogP contribution in [0.1, 0.15) is 0 Å². The summed E-state index contributed by atoms with van der Waals surface area (Å²) < 4.78 is 2.40. The number of benzene rings is 7. The van der Waals surface area contributed by atoms with Gasteiger partial charge in [-0.3, -0.25) is 0 Å². The zero-order valence-corrected chi connectivity index (χ0v) is 24.2. The van der Waals surface area contributed by atoms with Crippen molar-refractivity contribution in [3.8, 4) is 27.9 Å². The summed E-state index contributed by atoms with van der Waals surface area (Å²) in [5.41, 5.74) is 11.7. The normalized spacial score (nSPS) is 11.2. The molecule has 1 aromatic heterocycles.